The molecule has 0 bridgehead atoms. The van der Waals surface area contributed by atoms with E-state index in [0.29, 0.717) is 37.4 Å². The largest absolute Gasteiger partial charge is 0.347 e. The van der Waals surface area contributed by atoms with Crippen LogP contribution in [0, 0.1) is 11.3 Å². The smallest absolute Gasteiger partial charge is 0.240 e. The second kappa shape index (κ2) is 10.6. The van der Waals surface area contributed by atoms with Gasteiger partial charge in [0.05, 0.1) is 12.6 Å². The number of carbonyl (C=O) groups is 2. The summed E-state index contributed by atoms with van der Waals surface area (Å²) in [5.41, 5.74) is 2.89. The molecule has 1 unspecified atom stereocenters. The molecule has 1 atom stereocenters. The minimum Gasteiger partial charge on any atom is -0.347 e. The lowest BCUT2D eigenvalue weighted by Crippen LogP contribution is -2.67. The minimum atomic E-state index is -3.01. The highest BCUT2D eigenvalue weighted by Gasteiger charge is 2.59. The van der Waals surface area contributed by atoms with E-state index in [1.807, 2.05) is 30.3 Å². The Balaban J connectivity index is 1.59. The number of fused-ring (bicyclic) bond motifs is 2. The lowest BCUT2D eigenvalue weighted by Gasteiger charge is -2.47. The van der Waals surface area contributed by atoms with Gasteiger partial charge in [0.2, 0.25) is 11.8 Å². The van der Waals surface area contributed by atoms with E-state index < -0.39 is 21.2 Å². The summed E-state index contributed by atoms with van der Waals surface area (Å²) in [7, 11) is -3.01. The van der Waals surface area contributed by atoms with E-state index in [2.05, 4.69) is 34.2 Å². The second-order valence-electron chi connectivity index (χ2n) is 9.31. The number of nitrogens with one attached hydrogen (secondary N) is 1. The van der Waals surface area contributed by atoms with Crippen LogP contribution in [-0.4, -0.2) is 57.3 Å². The van der Waals surface area contributed by atoms with E-state index in [1.54, 1.807) is 21.4 Å². The Morgan fingerprint density at radius 1 is 1.32 bits per heavy atom. The average molecular weight is 540 g/mol. The number of hydrogen-bond acceptors (Lipinski definition) is 5. The van der Waals surface area contributed by atoms with E-state index in [1.165, 1.54) is 6.92 Å². The van der Waals surface area contributed by atoms with Crippen LogP contribution in [0.5, 0.6) is 0 Å². The maximum absolute atomic E-state index is 13.9. The molecule has 3 aliphatic heterocycles. The van der Waals surface area contributed by atoms with Crippen LogP contribution in [0.25, 0.3) is 0 Å². The van der Waals surface area contributed by atoms with Crippen LogP contribution < -0.4 is 9.62 Å². The van der Waals surface area contributed by atoms with Gasteiger partial charge in [-0.15, -0.1) is 0 Å². The highest BCUT2D eigenvalue weighted by atomic mass is 35.5. The third kappa shape index (κ3) is 5.10. The first kappa shape index (κ1) is 26.7. The molecule has 1 N–H and O–H groups in total. The molecule has 3 aliphatic rings. The van der Waals surface area contributed by atoms with E-state index in [9.17, 15) is 13.8 Å². The molecular weight excluding hydrogens is 510 g/mol. The maximum Gasteiger partial charge on any atom is 0.240 e. The highest BCUT2D eigenvalue weighted by molar-refractivity contribution is 7.96. The zero-order valence-electron chi connectivity index (χ0n) is 20.8. The number of nitriles is 1. The number of para-hydroxylation sites is 1. The van der Waals surface area contributed by atoms with Gasteiger partial charge in [0, 0.05) is 61.5 Å². The quantitative estimate of drug-likeness (QED) is 0.295. The van der Waals surface area contributed by atoms with Crippen LogP contribution in [0.15, 0.2) is 71.6 Å². The van der Waals surface area contributed by atoms with Crippen LogP contribution >= 0.6 is 11.6 Å². The molecular formula is C27H30ClN5O3S. The zero-order valence-corrected chi connectivity index (χ0v) is 22.4. The van der Waals surface area contributed by atoms with Crippen molar-refractivity contribution < 1.29 is 13.8 Å². The Hall–Kier alpha value is -3.32. The van der Waals surface area contributed by atoms with E-state index in [-0.39, 0.29) is 19.0 Å². The molecule has 2 amide bonds. The first-order valence-corrected chi connectivity index (χ1v) is 14.0. The van der Waals surface area contributed by atoms with Gasteiger partial charge in [-0.05, 0) is 36.1 Å². The molecule has 10 heteroatoms. The summed E-state index contributed by atoms with van der Waals surface area (Å²) in [5.74, 6) is 3.20. The Labute approximate surface area is 223 Å². The van der Waals surface area contributed by atoms with Crippen molar-refractivity contribution in [2.24, 2.45) is 0 Å². The summed E-state index contributed by atoms with van der Waals surface area (Å²) in [4.78, 5) is 29.3. The number of allylic oxidation sites excluding steroid dienone is 5. The van der Waals surface area contributed by atoms with Gasteiger partial charge < -0.3 is 9.80 Å². The molecule has 0 aromatic heterocycles. The van der Waals surface area contributed by atoms with Crippen molar-refractivity contribution in [2.45, 2.75) is 31.6 Å². The number of nitrogens with zero attached hydrogens (tertiary/aromatic N) is 4. The minimum absolute atomic E-state index is 0.0622. The van der Waals surface area contributed by atoms with E-state index in [4.69, 9.17) is 16.9 Å². The summed E-state index contributed by atoms with van der Waals surface area (Å²) in [6, 6.07) is 9.86. The van der Waals surface area contributed by atoms with E-state index in [0.717, 1.165) is 22.6 Å². The topological polar surface area (TPSA) is 96.8 Å². The summed E-state index contributed by atoms with van der Waals surface area (Å²) in [5, 5.41) is 9.56. The van der Waals surface area contributed by atoms with Gasteiger partial charge in [0.15, 0.2) is 0 Å². The molecule has 1 aromatic rings. The predicted octanol–water partition coefficient (Wildman–Crippen LogP) is 3.36. The van der Waals surface area contributed by atoms with Crippen molar-refractivity contribution >= 4 is 44.9 Å². The summed E-state index contributed by atoms with van der Waals surface area (Å²) in [6.45, 7) is 6.40. The van der Waals surface area contributed by atoms with Crippen LogP contribution in [0.3, 0.4) is 0 Å². The van der Waals surface area contributed by atoms with Gasteiger partial charge in [0.1, 0.15) is 15.3 Å². The van der Waals surface area contributed by atoms with Gasteiger partial charge in [0.25, 0.3) is 0 Å². The SMILES string of the molecule is C=C/C(Cl)=C\C=C1/CC=C(CN2C(=O)C3(CN(S(=C)(=O)NC(C)=O)C3)c3ccccc32)N1CCCC#N. The number of carbonyl (C=O) groups excluding carboxylic acids is 2. The van der Waals surface area contributed by atoms with Crippen molar-refractivity contribution in [1.29, 1.82) is 5.26 Å². The van der Waals surface area contributed by atoms with Gasteiger partial charge in [-0.25, -0.2) is 8.51 Å². The number of halogens is 1. The molecule has 1 aromatic carbocycles. The number of rotatable bonds is 9. The number of hydrogen-bond donors (Lipinski definition) is 1. The van der Waals surface area contributed by atoms with Crippen molar-refractivity contribution in [3.05, 3.63) is 77.1 Å². The van der Waals surface area contributed by atoms with Crippen molar-refractivity contribution in [3.8, 4) is 6.07 Å². The number of benzene rings is 1. The van der Waals surface area contributed by atoms with Gasteiger partial charge in [-0.1, -0.05) is 48.5 Å². The molecule has 0 aliphatic carbocycles. The van der Waals surface area contributed by atoms with E-state index >= 15 is 0 Å². The monoisotopic (exact) mass is 539 g/mol. The molecule has 1 fully saturated rings. The molecule has 1 saturated heterocycles. The fourth-order valence-electron chi connectivity index (χ4n) is 5.06. The predicted molar refractivity (Wildman–Crippen MR) is 148 cm³/mol. The molecule has 4 rings (SSSR count). The lowest BCUT2D eigenvalue weighted by atomic mass is 9.76. The third-order valence-corrected chi connectivity index (χ3v) is 8.82. The van der Waals surface area contributed by atoms with Gasteiger partial charge >= 0.3 is 0 Å². The Kier molecular flexibility index (Phi) is 7.64. The van der Waals surface area contributed by atoms with Crippen molar-refractivity contribution in [1.82, 2.24) is 13.9 Å². The number of unbranched alkanes of at least 4 members (excludes halogenated alkanes) is 1. The lowest BCUT2D eigenvalue weighted by molar-refractivity contribution is -0.126. The summed E-state index contributed by atoms with van der Waals surface area (Å²) < 4.78 is 16.9. The first-order chi connectivity index (χ1) is 17.6. The molecule has 3 heterocycles. The fraction of sp³-hybridized carbons (Fsp3) is 0.333. The second-order valence-corrected chi connectivity index (χ2v) is 11.8. The number of anilines is 1. The fourth-order valence-corrected chi connectivity index (χ4v) is 6.56. The summed E-state index contributed by atoms with van der Waals surface area (Å²) in [6.07, 6.45) is 9.20. The van der Waals surface area contributed by atoms with Crippen molar-refractivity contribution in [2.75, 3.05) is 31.1 Å². The molecule has 37 heavy (non-hydrogen) atoms. The maximum atomic E-state index is 13.9. The Bertz CT molecular complexity index is 1370. The van der Waals surface area contributed by atoms with Gasteiger partial charge in [-0.3, -0.25) is 14.3 Å². The van der Waals surface area contributed by atoms with Crippen LogP contribution in [-0.2, 0) is 24.9 Å². The molecule has 0 saturated carbocycles. The molecule has 0 radical (unpaired) electrons. The summed E-state index contributed by atoms with van der Waals surface area (Å²) >= 11 is 6.11. The standard InChI is InChI=1S/C27H30ClN5O3S/c1-4-21(28)11-12-22-13-14-23(32(22)16-8-7-15-29)17-33-25-10-6-5-9-24(25)27(26(33)35)18-31(19-27)37(3,36)30-20(2)34/h4-6,9-12,14H,1,3,7-8,13,16-19H2,2H3,(H,30,34,36)/b21-11+,22-12+. The Morgan fingerprint density at radius 3 is 2.73 bits per heavy atom. The van der Waals surface area contributed by atoms with Crippen molar-refractivity contribution in [3.63, 3.8) is 0 Å². The first-order valence-electron chi connectivity index (χ1n) is 12.0. The Morgan fingerprint density at radius 2 is 2.05 bits per heavy atom. The zero-order chi connectivity index (χ0) is 26.8. The average Bonchev–Trinajstić information content (AvgIpc) is 3.32. The third-order valence-electron chi connectivity index (χ3n) is 6.84. The van der Waals surface area contributed by atoms with Crippen LogP contribution in [0.1, 0.15) is 31.7 Å². The normalized spacial score (nSPS) is 21.3. The molecule has 8 nitrogen and oxygen atoms in total. The number of amides is 2. The van der Waals surface area contributed by atoms with Gasteiger partial charge in [-0.2, -0.15) is 5.26 Å². The van der Waals surface area contributed by atoms with Crippen LogP contribution in [0.2, 0.25) is 0 Å². The molecule has 1 spiro atoms. The highest BCUT2D eigenvalue weighted by Crippen LogP contribution is 2.48. The molecule has 194 valence electrons. The van der Waals surface area contributed by atoms with Crippen LogP contribution in [0.4, 0.5) is 5.69 Å².